The Hall–Kier alpha value is -2.38. The first-order valence-corrected chi connectivity index (χ1v) is 7.07. The number of fused-ring (bicyclic) bond motifs is 1. The molecule has 0 bridgehead atoms. The minimum absolute atomic E-state index is 0.603. The molecule has 0 aliphatic heterocycles. The van der Waals surface area contributed by atoms with Gasteiger partial charge in [-0.3, -0.25) is 0 Å². The van der Waals surface area contributed by atoms with E-state index in [0.29, 0.717) is 17.3 Å². The molecule has 3 N–H and O–H groups in total. The molecule has 0 unspecified atom stereocenters. The first-order valence-electron chi connectivity index (χ1n) is 6.19. The molecule has 7 heteroatoms. The van der Waals surface area contributed by atoms with Gasteiger partial charge < -0.3 is 14.9 Å². The van der Waals surface area contributed by atoms with Crippen molar-refractivity contribution in [1.82, 2.24) is 9.97 Å². The van der Waals surface area contributed by atoms with Gasteiger partial charge in [0.1, 0.15) is 11.2 Å². The smallest absolute Gasteiger partial charge is 0.161 e. The summed E-state index contributed by atoms with van der Waals surface area (Å²) >= 11 is 1.54. The first kappa shape index (κ1) is 13.6. The average Bonchev–Trinajstić information content (AvgIpc) is 2.98. The molecule has 0 saturated heterocycles. The molecule has 0 saturated carbocycles. The Morgan fingerprint density at radius 2 is 1.95 bits per heavy atom. The maximum atomic E-state index is 5.54. The first-order chi connectivity index (χ1) is 10.3. The van der Waals surface area contributed by atoms with Gasteiger partial charge in [-0.2, -0.15) is 0 Å². The van der Waals surface area contributed by atoms with Crippen molar-refractivity contribution in [2.24, 2.45) is 5.84 Å². The minimum atomic E-state index is 0.603. The molecule has 108 valence electrons. The lowest BCUT2D eigenvalue weighted by molar-refractivity contribution is 0.355. The van der Waals surface area contributed by atoms with Gasteiger partial charge >= 0.3 is 0 Å². The third-order valence-corrected chi connectivity index (χ3v) is 4.09. The highest BCUT2D eigenvalue weighted by molar-refractivity contribution is 7.17. The Kier molecular flexibility index (Phi) is 3.59. The van der Waals surface area contributed by atoms with Crippen molar-refractivity contribution in [3.63, 3.8) is 0 Å². The molecule has 0 aliphatic carbocycles. The highest BCUT2D eigenvalue weighted by atomic mass is 32.1. The molecule has 3 aromatic rings. The number of hydrogen-bond donors (Lipinski definition) is 2. The Labute approximate surface area is 125 Å². The molecule has 2 aromatic heterocycles. The van der Waals surface area contributed by atoms with E-state index in [1.165, 1.54) is 6.33 Å². The summed E-state index contributed by atoms with van der Waals surface area (Å²) in [4.78, 5) is 9.31. The van der Waals surface area contributed by atoms with Crippen LogP contribution in [-0.2, 0) is 0 Å². The van der Waals surface area contributed by atoms with Gasteiger partial charge in [-0.1, -0.05) is 6.07 Å². The summed E-state index contributed by atoms with van der Waals surface area (Å²) in [5.41, 5.74) is 4.61. The third-order valence-electron chi connectivity index (χ3n) is 3.20. The molecule has 0 fully saturated rings. The highest BCUT2D eigenvalue weighted by Gasteiger charge is 2.14. The van der Waals surface area contributed by atoms with Crippen molar-refractivity contribution < 1.29 is 9.47 Å². The zero-order chi connectivity index (χ0) is 14.8. The van der Waals surface area contributed by atoms with Gasteiger partial charge in [-0.05, 0) is 17.7 Å². The number of hydrazine groups is 1. The molecule has 6 nitrogen and oxygen atoms in total. The van der Waals surface area contributed by atoms with Crippen LogP contribution in [0.5, 0.6) is 11.5 Å². The van der Waals surface area contributed by atoms with Crippen molar-refractivity contribution >= 4 is 27.4 Å². The van der Waals surface area contributed by atoms with Crippen molar-refractivity contribution in [2.75, 3.05) is 19.6 Å². The summed E-state index contributed by atoms with van der Waals surface area (Å²) < 4.78 is 10.6. The molecule has 0 aliphatic rings. The lowest BCUT2D eigenvalue weighted by Gasteiger charge is -2.10. The predicted molar refractivity (Wildman–Crippen MR) is 83.8 cm³/mol. The molecule has 3 rings (SSSR count). The van der Waals surface area contributed by atoms with E-state index in [-0.39, 0.29) is 0 Å². The van der Waals surface area contributed by atoms with E-state index in [1.807, 2.05) is 23.6 Å². The number of methoxy groups -OCH3 is 2. The molecule has 0 radical (unpaired) electrons. The van der Waals surface area contributed by atoms with E-state index < -0.39 is 0 Å². The summed E-state index contributed by atoms with van der Waals surface area (Å²) in [7, 11) is 3.23. The number of nitrogen functional groups attached to an aromatic ring is 1. The fourth-order valence-electron chi connectivity index (χ4n) is 2.20. The van der Waals surface area contributed by atoms with Gasteiger partial charge in [0.15, 0.2) is 17.3 Å². The monoisotopic (exact) mass is 302 g/mol. The van der Waals surface area contributed by atoms with E-state index in [1.54, 1.807) is 25.6 Å². The number of nitrogens with two attached hydrogens (primary N) is 1. The van der Waals surface area contributed by atoms with Gasteiger partial charge in [-0.15, -0.1) is 11.3 Å². The number of benzene rings is 1. The largest absolute Gasteiger partial charge is 0.493 e. The predicted octanol–water partition coefficient (Wildman–Crippen LogP) is 2.66. The lowest BCUT2D eigenvalue weighted by Crippen LogP contribution is -2.09. The minimum Gasteiger partial charge on any atom is -0.493 e. The molecule has 1 aromatic carbocycles. The number of aromatic nitrogens is 2. The zero-order valence-corrected chi connectivity index (χ0v) is 12.4. The second-order valence-corrected chi connectivity index (χ2v) is 5.12. The summed E-state index contributed by atoms with van der Waals surface area (Å²) in [6.07, 6.45) is 1.49. The number of anilines is 1. The average molecular weight is 302 g/mol. The SMILES string of the molecule is COc1ccc(-c2csc3ncnc(NN)c23)cc1OC. The Morgan fingerprint density at radius 1 is 1.14 bits per heavy atom. The van der Waals surface area contributed by atoms with Crippen molar-refractivity contribution in [3.8, 4) is 22.6 Å². The van der Waals surface area contributed by atoms with Crippen LogP contribution in [0.25, 0.3) is 21.3 Å². The van der Waals surface area contributed by atoms with Gasteiger partial charge in [0, 0.05) is 10.9 Å². The number of thiophene rings is 1. The summed E-state index contributed by atoms with van der Waals surface area (Å²) in [6.45, 7) is 0. The van der Waals surface area contributed by atoms with Gasteiger partial charge in [0.05, 0.1) is 19.6 Å². The molecular weight excluding hydrogens is 288 g/mol. The van der Waals surface area contributed by atoms with Crippen LogP contribution in [0, 0.1) is 0 Å². The summed E-state index contributed by atoms with van der Waals surface area (Å²) in [5, 5.41) is 2.93. The lowest BCUT2D eigenvalue weighted by atomic mass is 10.1. The number of nitrogens with one attached hydrogen (secondary N) is 1. The fourth-order valence-corrected chi connectivity index (χ4v) is 3.12. The number of ether oxygens (including phenoxy) is 2. The second kappa shape index (κ2) is 5.55. The van der Waals surface area contributed by atoms with E-state index in [0.717, 1.165) is 21.3 Å². The van der Waals surface area contributed by atoms with Crippen molar-refractivity contribution in [3.05, 3.63) is 29.9 Å². The van der Waals surface area contributed by atoms with Gasteiger partial charge in [0.2, 0.25) is 0 Å². The van der Waals surface area contributed by atoms with Crippen molar-refractivity contribution in [1.29, 1.82) is 0 Å². The standard InChI is InChI=1S/C14H14N4O2S/c1-19-10-4-3-8(5-11(10)20-2)9-6-21-14-12(9)13(18-15)16-7-17-14/h3-7H,15H2,1-2H3,(H,16,17,18). The normalized spacial score (nSPS) is 10.6. The molecule has 2 heterocycles. The third kappa shape index (κ3) is 2.26. The Bertz CT molecular complexity index is 788. The maximum absolute atomic E-state index is 5.54. The summed E-state index contributed by atoms with van der Waals surface area (Å²) in [5.74, 6) is 7.51. The van der Waals surface area contributed by atoms with Crippen LogP contribution in [0.2, 0.25) is 0 Å². The van der Waals surface area contributed by atoms with Crippen molar-refractivity contribution in [2.45, 2.75) is 0 Å². The number of nitrogens with zero attached hydrogens (tertiary/aromatic N) is 2. The Morgan fingerprint density at radius 3 is 2.67 bits per heavy atom. The van der Waals surface area contributed by atoms with E-state index in [4.69, 9.17) is 15.3 Å². The van der Waals surface area contributed by atoms with Crippen LogP contribution in [0.15, 0.2) is 29.9 Å². The second-order valence-electron chi connectivity index (χ2n) is 4.27. The Balaban J connectivity index is 2.21. The van der Waals surface area contributed by atoms with Crippen LogP contribution in [0.1, 0.15) is 0 Å². The fraction of sp³-hybridized carbons (Fsp3) is 0.143. The van der Waals surface area contributed by atoms with Crippen LogP contribution >= 0.6 is 11.3 Å². The van der Waals surface area contributed by atoms with E-state index in [9.17, 15) is 0 Å². The van der Waals surface area contributed by atoms with E-state index in [2.05, 4.69) is 15.4 Å². The zero-order valence-electron chi connectivity index (χ0n) is 11.6. The molecule has 0 atom stereocenters. The topological polar surface area (TPSA) is 82.3 Å². The quantitative estimate of drug-likeness (QED) is 0.569. The van der Waals surface area contributed by atoms with E-state index >= 15 is 0 Å². The summed E-state index contributed by atoms with van der Waals surface area (Å²) in [6, 6.07) is 5.76. The van der Waals surface area contributed by atoms with Gasteiger partial charge in [0.25, 0.3) is 0 Å². The van der Waals surface area contributed by atoms with Crippen LogP contribution in [0.4, 0.5) is 5.82 Å². The maximum Gasteiger partial charge on any atom is 0.161 e. The van der Waals surface area contributed by atoms with Gasteiger partial charge in [-0.25, -0.2) is 15.8 Å². The highest BCUT2D eigenvalue weighted by Crippen LogP contribution is 2.39. The van der Waals surface area contributed by atoms with Crippen LogP contribution in [-0.4, -0.2) is 24.2 Å². The van der Waals surface area contributed by atoms with Crippen LogP contribution < -0.4 is 20.7 Å². The molecule has 0 amide bonds. The molecule has 21 heavy (non-hydrogen) atoms. The number of hydrogen-bond acceptors (Lipinski definition) is 7. The molecular formula is C14H14N4O2S. The van der Waals surface area contributed by atoms with Crippen LogP contribution in [0.3, 0.4) is 0 Å². The molecule has 0 spiro atoms. The number of rotatable bonds is 4.